The smallest absolute Gasteiger partial charge is 0.240 e. The minimum Gasteiger partial charge on any atom is -0.389 e. The van der Waals surface area contributed by atoms with Gasteiger partial charge in [0.15, 0.2) is 0 Å². The molecule has 1 aliphatic rings. The van der Waals surface area contributed by atoms with E-state index in [2.05, 4.69) is 4.72 Å². The predicted molar refractivity (Wildman–Crippen MR) is 85.8 cm³/mol. The zero-order valence-electron chi connectivity index (χ0n) is 12.0. The molecule has 1 aliphatic heterocycles. The number of hydrogen-bond acceptors (Lipinski definition) is 4. The van der Waals surface area contributed by atoms with Crippen LogP contribution in [0, 0.1) is 6.92 Å². The molecule has 0 aliphatic carbocycles. The fourth-order valence-electron chi connectivity index (χ4n) is 2.35. The van der Waals surface area contributed by atoms with E-state index in [1.54, 1.807) is 19.1 Å². The lowest BCUT2D eigenvalue weighted by Crippen LogP contribution is -2.28. The third-order valence-electron chi connectivity index (χ3n) is 3.54. The van der Waals surface area contributed by atoms with Crippen molar-refractivity contribution in [1.29, 1.82) is 0 Å². The Kier molecular flexibility index (Phi) is 5.32. The molecule has 1 unspecified atom stereocenters. The standard InChI is InChI=1S/C14H20N2O3S2/c1-10-4-5-11(14(15)20)9-13(10)21(17,18)16-7-6-12-3-2-8-19-12/h4-5,9,12,16H,2-3,6-8H2,1H3,(H2,15,20). The molecule has 0 amide bonds. The summed E-state index contributed by atoms with van der Waals surface area (Å²) in [4.78, 5) is 0.408. The van der Waals surface area contributed by atoms with Gasteiger partial charge in [0.25, 0.3) is 0 Å². The molecule has 1 fully saturated rings. The maximum Gasteiger partial charge on any atom is 0.240 e. The van der Waals surface area contributed by atoms with Crippen LogP contribution in [0.2, 0.25) is 0 Å². The van der Waals surface area contributed by atoms with Gasteiger partial charge in [0.05, 0.1) is 11.0 Å². The summed E-state index contributed by atoms with van der Waals surface area (Å²) in [5, 5.41) is 0. The van der Waals surface area contributed by atoms with Crippen molar-refractivity contribution in [1.82, 2.24) is 4.72 Å². The molecule has 116 valence electrons. The second-order valence-electron chi connectivity index (χ2n) is 5.17. The highest BCUT2D eigenvalue weighted by Gasteiger charge is 2.20. The fourth-order valence-corrected chi connectivity index (χ4v) is 3.79. The molecule has 1 saturated heterocycles. The number of sulfonamides is 1. The SMILES string of the molecule is Cc1ccc(C(N)=S)cc1S(=O)(=O)NCCC1CCCO1. The van der Waals surface area contributed by atoms with Crippen LogP contribution < -0.4 is 10.5 Å². The Balaban J connectivity index is 2.07. The molecule has 3 N–H and O–H groups in total. The molecule has 5 nitrogen and oxygen atoms in total. The van der Waals surface area contributed by atoms with E-state index in [1.807, 2.05) is 0 Å². The normalized spacial score (nSPS) is 18.8. The quantitative estimate of drug-likeness (QED) is 0.773. The van der Waals surface area contributed by atoms with Gasteiger partial charge in [-0.2, -0.15) is 0 Å². The van der Waals surface area contributed by atoms with Crippen molar-refractivity contribution < 1.29 is 13.2 Å². The number of thiocarbonyl (C=S) groups is 1. The van der Waals surface area contributed by atoms with E-state index in [-0.39, 0.29) is 16.0 Å². The van der Waals surface area contributed by atoms with Gasteiger partial charge < -0.3 is 10.5 Å². The summed E-state index contributed by atoms with van der Waals surface area (Å²) in [6.07, 6.45) is 2.90. The van der Waals surface area contributed by atoms with Crippen LogP contribution in [0.25, 0.3) is 0 Å². The summed E-state index contributed by atoms with van der Waals surface area (Å²) in [5.41, 5.74) is 6.78. The maximum atomic E-state index is 12.4. The van der Waals surface area contributed by atoms with E-state index in [0.29, 0.717) is 24.1 Å². The van der Waals surface area contributed by atoms with Crippen LogP contribution in [0.3, 0.4) is 0 Å². The topological polar surface area (TPSA) is 81.4 Å². The van der Waals surface area contributed by atoms with Crippen molar-refractivity contribution in [3.8, 4) is 0 Å². The predicted octanol–water partition coefficient (Wildman–Crippen LogP) is 1.48. The molecule has 0 radical (unpaired) electrons. The summed E-state index contributed by atoms with van der Waals surface area (Å²) < 4.78 is 32.8. The van der Waals surface area contributed by atoms with Crippen molar-refractivity contribution in [2.24, 2.45) is 5.73 Å². The van der Waals surface area contributed by atoms with Gasteiger partial charge in [-0.3, -0.25) is 0 Å². The number of aryl methyl sites for hydroxylation is 1. The molecule has 1 aromatic rings. The van der Waals surface area contributed by atoms with E-state index in [0.717, 1.165) is 19.4 Å². The average Bonchev–Trinajstić information content (AvgIpc) is 2.91. The first-order valence-electron chi connectivity index (χ1n) is 6.92. The van der Waals surface area contributed by atoms with Crippen molar-refractivity contribution in [2.45, 2.75) is 37.2 Å². The maximum absolute atomic E-state index is 12.4. The number of ether oxygens (including phenoxy) is 1. The lowest BCUT2D eigenvalue weighted by molar-refractivity contribution is 0.105. The highest BCUT2D eigenvalue weighted by Crippen LogP contribution is 2.18. The number of benzene rings is 1. The van der Waals surface area contributed by atoms with Crippen LogP contribution in [0.15, 0.2) is 23.1 Å². The summed E-state index contributed by atoms with van der Waals surface area (Å²) in [7, 11) is -3.56. The van der Waals surface area contributed by atoms with Crippen LogP contribution in [0.5, 0.6) is 0 Å². The monoisotopic (exact) mass is 328 g/mol. The molecule has 0 bridgehead atoms. The van der Waals surface area contributed by atoms with E-state index >= 15 is 0 Å². The first kappa shape index (κ1) is 16.4. The molecule has 0 spiro atoms. The molecule has 7 heteroatoms. The number of nitrogens with one attached hydrogen (secondary N) is 1. The summed E-state index contributed by atoms with van der Waals surface area (Å²) in [6, 6.07) is 4.96. The molecular formula is C14H20N2O3S2. The second kappa shape index (κ2) is 6.83. The Bertz CT molecular complexity index is 623. The lowest BCUT2D eigenvalue weighted by Gasteiger charge is -2.13. The molecule has 0 saturated carbocycles. The van der Waals surface area contributed by atoms with Crippen LogP contribution >= 0.6 is 12.2 Å². The van der Waals surface area contributed by atoms with Crippen molar-refractivity contribution in [3.05, 3.63) is 29.3 Å². The van der Waals surface area contributed by atoms with Crippen molar-refractivity contribution in [2.75, 3.05) is 13.2 Å². The van der Waals surface area contributed by atoms with Crippen LogP contribution in [0.1, 0.15) is 30.4 Å². The van der Waals surface area contributed by atoms with Gasteiger partial charge in [-0.15, -0.1) is 0 Å². The second-order valence-corrected chi connectivity index (χ2v) is 7.34. The van der Waals surface area contributed by atoms with E-state index in [4.69, 9.17) is 22.7 Å². The van der Waals surface area contributed by atoms with Crippen molar-refractivity contribution in [3.63, 3.8) is 0 Å². The molecule has 2 rings (SSSR count). The number of hydrogen-bond donors (Lipinski definition) is 2. The molecular weight excluding hydrogens is 308 g/mol. The highest BCUT2D eigenvalue weighted by molar-refractivity contribution is 7.89. The molecule has 1 atom stereocenters. The first-order valence-corrected chi connectivity index (χ1v) is 8.81. The third-order valence-corrected chi connectivity index (χ3v) is 5.38. The summed E-state index contributed by atoms with van der Waals surface area (Å²) in [5.74, 6) is 0. The van der Waals surface area contributed by atoms with Gasteiger partial charge in [0, 0.05) is 18.7 Å². The number of nitrogens with two attached hydrogens (primary N) is 1. The van der Waals surface area contributed by atoms with Gasteiger partial charge >= 0.3 is 0 Å². The molecule has 1 aromatic carbocycles. The third kappa shape index (κ3) is 4.23. The zero-order valence-corrected chi connectivity index (χ0v) is 13.6. The van der Waals surface area contributed by atoms with Crippen LogP contribution in [0.4, 0.5) is 0 Å². The summed E-state index contributed by atoms with van der Waals surface area (Å²) >= 11 is 4.89. The van der Waals surface area contributed by atoms with Crippen LogP contribution in [-0.4, -0.2) is 32.7 Å². The lowest BCUT2D eigenvalue weighted by atomic mass is 10.1. The van der Waals surface area contributed by atoms with Crippen LogP contribution in [-0.2, 0) is 14.8 Å². The van der Waals surface area contributed by atoms with E-state index < -0.39 is 10.0 Å². The fraction of sp³-hybridized carbons (Fsp3) is 0.500. The van der Waals surface area contributed by atoms with Gasteiger partial charge in [-0.25, -0.2) is 13.1 Å². The van der Waals surface area contributed by atoms with Gasteiger partial charge in [-0.05, 0) is 37.8 Å². The Morgan fingerprint density at radius 3 is 2.90 bits per heavy atom. The largest absolute Gasteiger partial charge is 0.389 e. The van der Waals surface area contributed by atoms with Gasteiger partial charge in [0.2, 0.25) is 10.0 Å². The highest BCUT2D eigenvalue weighted by atomic mass is 32.2. The summed E-state index contributed by atoms with van der Waals surface area (Å²) in [6.45, 7) is 2.88. The minimum absolute atomic E-state index is 0.164. The zero-order chi connectivity index (χ0) is 15.5. The van der Waals surface area contributed by atoms with Crippen molar-refractivity contribution >= 4 is 27.2 Å². The molecule has 1 heterocycles. The first-order chi connectivity index (χ1) is 9.90. The van der Waals surface area contributed by atoms with E-state index in [9.17, 15) is 8.42 Å². The van der Waals surface area contributed by atoms with E-state index in [1.165, 1.54) is 6.07 Å². The average molecular weight is 328 g/mol. The Labute approximate surface area is 130 Å². The van der Waals surface area contributed by atoms with Gasteiger partial charge in [0.1, 0.15) is 4.99 Å². The number of rotatable bonds is 6. The Morgan fingerprint density at radius 1 is 1.52 bits per heavy atom. The Morgan fingerprint density at radius 2 is 2.29 bits per heavy atom. The molecule has 21 heavy (non-hydrogen) atoms. The van der Waals surface area contributed by atoms with Gasteiger partial charge in [-0.1, -0.05) is 24.4 Å². The molecule has 0 aromatic heterocycles. The minimum atomic E-state index is -3.56. The Hall–Kier alpha value is -1.02.